The number of rotatable bonds is 8. The summed E-state index contributed by atoms with van der Waals surface area (Å²) < 4.78 is 12.3. The lowest BCUT2D eigenvalue weighted by Crippen LogP contribution is -2.24. The standard InChI is InChI=1S/C23H20BrClN2O3/c1-16-11-20(25)8-10-21(16)30-15-23(28)27-26-13-18-12-19(24)7-9-22(18)29-14-17-5-3-2-4-6-17/h2-13H,14-15H2,1H3,(H,27,28)/b26-13+. The lowest BCUT2D eigenvalue weighted by Gasteiger charge is -2.10. The summed E-state index contributed by atoms with van der Waals surface area (Å²) >= 11 is 9.36. The van der Waals surface area contributed by atoms with Gasteiger partial charge in [0, 0.05) is 15.1 Å². The number of nitrogens with zero attached hydrogens (tertiary/aromatic N) is 1. The predicted molar refractivity (Wildman–Crippen MR) is 122 cm³/mol. The molecule has 0 aliphatic carbocycles. The molecule has 0 radical (unpaired) electrons. The molecular weight excluding hydrogens is 468 g/mol. The van der Waals surface area contributed by atoms with Crippen LogP contribution in [0.15, 0.2) is 76.3 Å². The Hall–Kier alpha value is -2.83. The van der Waals surface area contributed by atoms with Crippen LogP contribution in [0.3, 0.4) is 0 Å². The van der Waals surface area contributed by atoms with Crippen molar-refractivity contribution in [2.75, 3.05) is 6.61 Å². The lowest BCUT2D eigenvalue weighted by atomic mass is 10.2. The molecule has 3 aromatic rings. The van der Waals surface area contributed by atoms with E-state index in [0.29, 0.717) is 23.1 Å². The SMILES string of the molecule is Cc1cc(Cl)ccc1OCC(=O)N/N=C/c1cc(Br)ccc1OCc1ccccc1. The number of hydrogen-bond donors (Lipinski definition) is 1. The summed E-state index contributed by atoms with van der Waals surface area (Å²) in [6.07, 6.45) is 1.54. The normalized spacial score (nSPS) is 10.8. The van der Waals surface area contributed by atoms with Crippen molar-refractivity contribution in [3.8, 4) is 11.5 Å². The zero-order valence-electron chi connectivity index (χ0n) is 16.3. The average molecular weight is 488 g/mol. The Kier molecular flexibility index (Phi) is 7.88. The van der Waals surface area contributed by atoms with E-state index in [1.165, 1.54) is 6.21 Å². The quantitative estimate of drug-likeness (QED) is 0.336. The molecule has 0 heterocycles. The van der Waals surface area contributed by atoms with Crippen LogP contribution in [-0.2, 0) is 11.4 Å². The van der Waals surface area contributed by atoms with Gasteiger partial charge in [-0.1, -0.05) is 57.9 Å². The van der Waals surface area contributed by atoms with Gasteiger partial charge in [0.05, 0.1) is 6.21 Å². The first kappa shape index (κ1) is 21.9. The van der Waals surface area contributed by atoms with Gasteiger partial charge in [0.25, 0.3) is 5.91 Å². The van der Waals surface area contributed by atoms with Crippen LogP contribution >= 0.6 is 27.5 Å². The van der Waals surface area contributed by atoms with E-state index >= 15 is 0 Å². The van der Waals surface area contributed by atoms with Gasteiger partial charge in [-0.3, -0.25) is 4.79 Å². The monoisotopic (exact) mass is 486 g/mol. The molecule has 154 valence electrons. The summed E-state index contributed by atoms with van der Waals surface area (Å²) in [6.45, 7) is 2.14. The molecular formula is C23H20BrClN2O3. The number of amides is 1. The number of ether oxygens (including phenoxy) is 2. The van der Waals surface area contributed by atoms with Gasteiger partial charge < -0.3 is 9.47 Å². The van der Waals surface area contributed by atoms with Crippen LogP contribution in [0.25, 0.3) is 0 Å². The second kappa shape index (κ2) is 10.8. The smallest absolute Gasteiger partial charge is 0.277 e. The Labute approximate surface area is 188 Å². The van der Waals surface area contributed by atoms with Crippen LogP contribution in [0.4, 0.5) is 0 Å². The van der Waals surface area contributed by atoms with E-state index in [-0.39, 0.29) is 12.5 Å². The molecule has 1 N–H and O–H groups in total. The summed E-state index contributed by atoms with van der Waals surface area (Å²) in [6, 6.07) is 20.7. The average Bonchev–Trinajstić information content (AvgIpc) is 2.73. The van der Waals surface area contributed by atoms with Crippen molar-refractivity contribution in [1.82, 2.24) is 5.43 Å². The minimum absolute atomic E-state index is 0.157. The molecule has 0 atom stereocenters. The highest BCUT2D eigenvalue weighted by Crippen LogP contribution is 2.23. The molecule has 0 fully saturated rings. The Morgan fingerprint density at radius 1 is 1.07 bits per heavy atom. The van der Waals surface area contributed by atoms with Crippen molar-refractivity contribution in [2.24, 2.45) is 5.10 Å². The summed E-state index contributed by atoms with van der Waals surface area (Å²) in [7, 11) is 0. The van der Waals surface area contributed by atoms with Gasteiger partial charge in [0.2, 0.25) is 0 Å². The number of aryl methyl sites for hydroxylation is 1. The fourth-order valence-corrected chi connectivity index (χ4v) is 3.22. The lowest BCUT2D eigenvalue weighted by molar-refractivity contribution is -0.123. The zero-order chi connectivity index (χ0) is 21.3. The second-order valence-electron chi connectivity index (χ2n) is 6.45. The summed E-state index contributed by atoms with van der Waals surface area (Å²) in [4.78, 5) is 12.0. The Balaban J connectivity index is 1.56. The highest BCUT2D eigenvalue weighted by Gasteiger charge is 2.06. The third-order valence-electron chi connectivity index (χ3n) is 4.10. The molecule has 5 nitrogen and oxygen atoms in total. The summed E-state index contributed by atoms with van der Waals surface area (Å²) in [5.74, 6) is 0.887. The molecule has 0 saturated heterocycles. The minimum Gasteiger partial charge on any atom is -0.488 e. The highest BCUT2D eigenvalue weighted by atomic mass is 79.9. The van der Waals surface area contributed by atoms with Crippen molar-refractivity contribution < 1.29 is 14.3 Å². The van der Waals surface area contributed by atoms with Crippen molar-refractivity contribution in [2.45, 2.75) is 13.5 Å². The van der Waals surface area contributed by atoms with Crippen LogP contribution in [0.2, 0.25) is 5.02 Å². The predicted octanol–water partition coefficient (Wildman–Crippen LogP) is 5.52. The maximum Gasteiger partial charge on any atom is 0.277 e. The zero-order valence-corrected chi connectivity index (χ0v) is 18.6. The topological polar surface area (TPSA) is 59.9 Å². The van der Waals surface area contributed by atoms with E-state index < -0.39 is 0 Å². The molecule has 7 heteroatoms. The van der Waals surface area contributed by atoms with Crippen molar-refractivity contribution in [3.63, 3.8) is 0 Å². The minimum atomic E-state index is -0.373. The van der Waals surface area contributed by atoms with Gasteiger partial charge in [0.15, 0.2) is 6.61 Å². The number of carbonyl (C=O) groups is 1. The van der Waals surface area contributed by atoms with E-state index in [0.717, 1.165) is 21.2 Å². The van der Waals surface area contributed by atoms with E-state index in [1.807, 2.05) is 55.5 Å². The van der Waals surface area contributed by atoms with Crippen LogP contribution in [0.1, 0.15) is 16.7 Å². The molecule has 1 amide bonds. The van der Waals surface area contributed by atoms with Gasteiger partial charge in [-0.15, -0.1) is 0 Å². The highest BCUT2D eigenvalue weighted by molar-refractivity contribution is 9.10. The maximum absolute atomic E-state index is 12.0. The van der Waals surface area contributed by atoms with Gasteiger partial charge in [-0.05, 0) is 54.4 Å². The molecule has 0 spiro atoms. The molecule has 0 bridgehead atoms. The van der Waals surface area contributed by atoms with Gasteiger partial charge >= 0.3 is 0 Å². The summed E-state index contributed by atoms with van der Waals surface area (Å²) in [5.41, 5.74) is 5.11. The van der Waals surface area contributed by atoms with Gasteiger partial charge in [-0.2, -0.15) is 5.10 Å². The number of nitrogens with one attached hydrogen (secondary N) is 1. The van der Waals surface area contributed by atoms with Gasteiger partial charge in [-0.25, -0.2) is 5.43 Å². The van der Waals surface area contributed by atoms with Crippen LogP contribution in [0, 0.1) is 6.92 Å². The van der Waals surface area contributed by atoms with Gasteiger partial charge in [0.1, 0.15) is 18.1 Å². The van der Waals surface area contributed by atoms with E-state index in [4.69, 9.17) is 21.1 Å². The Morgan fingerprint density at radius 3 is 2.60 bits per heavy atom. The second-order valence-corrected chi connectivity index (χ2v) is 7.80. The van der Waals surface area contributed by atoms with Crippen molar-refractivity contribution >= 4 is 39.7 Å². The number of hydrazone groups is 1. The number of hydrogen-bond acceptors (Lipinski definition) is 4. The maximum atomic E-state index is 12.0. The van der Waals surface area contributed by atoms with E-state index in [2.05, 4.69) is 26.5 Å². The summed E-state index contributed by atoms with van der Waals surface area (Å²) in [5, 5.41) is 4.64. The molecule has 0 aliphatic rings. The Bertz CT molecular complexity index is 1040. The number of halogens is 2. The molecule has 0 aromatic heterocycles. The van der Waals surface area contributed by atoms with E-state index in [1.54, 1.807) is 18.2 Å². The van der Waals surface area contributed by atoms with Crippen LogP contribution < -0.4 is 14.9 Å². The van der Waals surface area contributed by atoms with Crippen molar-refractivity contribution in [3.05, 3.63) is 92.9 Å². The molecule has 30 heavy (non-hydrogen) atoms. The molecule has 3 rings (SSSR count). The number of benzene rings is 3. The first-order chi connectivity index (χ1) is 14.5. The third-order valence-corrected chi connectivity index (χ3v) is 4.83. The van der Waals surface area contributed by atoms with Crippen LogP contribution in [-0.4, -0.2) is 18.7 Å². The fraction of sp³-hybridized carbons (Fsp3) is 0.130. The molecule has 3 aromatic carbocycles. The molecule has 0 aliphatic heterocycles. The van der Waals surface area contributed by atoms with E-state index in [9.17, 15) is 4.79 Å². The Morgan fingerprint density at radius 2 is 1.83 bits per heavy atom. The molecule has 0 saturated carbocycles. The third kappa shape index (κ3) is 6.61. The fourth-order valence-electron chi connectivity index (χ4n) is 2.61. The molecule has 0 unspecified atom stereocenters. The van der Waals surface area contributed by atoms with Crippen LogP contribution in [0.5, 0.6) is 11.5 Å². The largest absolute Gasteiger partial charge is 0.488 e. The first-order valence-electron chi connectivity index (χ1n) is 9.18. The number of carbonyl (C=O) groups excluding carboxylic acids is 1. The first-order valence-corrected chi connectivity index (χ1v) is 10.4. The van der Waals surface area contributed by atoms with Crippen molar-refractivity contribution in [1.29, 1.82) is 0 Å².